The van der Waals surface area contributed by atoms with Gasteiger partial charge >= 0.3 is 0 Å². The van der Waals surface area contributed by atoms with Gasteiger partial charge in [0.05, 0.1) is 12.1 Å². The maximum absolute atomic E-state index is 14.0. The van der Waals surface area contributed by atoms with Gasteiger partial charge in [-0.1, -0.05) is 0 Å². The Bertz CT molecular complexity index is 437. The van der Waals surface area contributed by atoms with Crippen LogP contribution in [-0.4, -0.2) is 129 Å². The molecule has 0 aromatic heterocycles. The quantitative estimate of drug-likeness (QED) is 0.566. The highest BCUT2D eigenvalue weighted by atomic mass is 16.1. The largest absolute Gasteiger partial charge is 0.314 e. The molecule has 160 valence electrons. The fourth-order valence-corrected chi connectivity index (χ4v) is 5.38. The topological polar surface area (TPSA) is 54.1 Å². The molecule has 2 unspecified atom stereocenters. The molecule has 7 heteroatoms. The highest BCUT2D eigenvalue weighted by molar-refractivity contribution is 5.89. The molecule has 0 bridgehead atoms. The molecule has 0 radical (unpaired) electrons. The normalized spacial score (nSPS) is 28.6. The van der Waals surface area contributed by atoms with Crippen molar-refractivity contribution in [1.82, 2.24) is 30.2 Å². The third-order valence-corrected chi connectivity index (χ3v) is 7.10. The van der Waals surface area contributed by atoms with Crippen molar-refractivity contribution in [2.45, 2.75) is 37.8 Å². The summed E-state index contributed by atoms with van der Waals surface area (Å²) < 4.78 is 0. The molecule has 7 nitrogen and oxygen atoms in total. The Labute approximate surface area is 170 Å². The molecule has 0 amide bonds. The van der Waals surface area contributed by atoms with E-state index in [-0.39, 0.29) is 12.1 Å². The predicted octanol–water partition coefficient (Wildman–Crippen LogP) is -0.705. The van der Waals surface area contributed by atoms with Crippen molar-refractivity contribution in [2.75, 3.05) is 91.6 Å². The molecule has 2 atom stereocenters. The van der Waals surface area contributed by atoms with Crippen LogP contribution < -0.4 is 10.6 Å². The van der Waals surface area contributed by atoms with Gasteiger partial charge < -0.3 is 10.6 Å². The number of rotatable bonds is 8. The summed E-state index contributed by atoms with van der Waals surface area (Å²) in [5, 5.41) is 6.89. The summed E-state index contributed by atoms with van der Waals surface area (Å²) in [6.45, 7) is 14.8. The van der Waals surface area contributed by atoms with E-state index in [1.807, 2.05) is 0 Å². The average molecular weight is 393 g/mol. The van der Waals surface area contributed by atoms with Crippen molar-refractivity contribution < 1.29 is 4.79 Å². The molecular weight excluding hydrogens is 352 g/mol. The van der Waals surface area contributed by atoms with Crippen molar-refractivity contribution in [3.8, 4) is 0 Å². The number of hydrogen-bond acceptors (Lipinski definition) is 7. The third-order valence-electron chi connectivity index (χ3n) is 7.10. The van der Waals surface area contributed by atoms with Crippen molar-refractivity contribution in [1.29, 1.82) is 0 Å². The van der Waals surface area contributed by atoms with Gasteiger partial charge in [-0.25, -0.2) is 0 Å². The first kappa shape index (κ1) is 20.7. The van der Waals surface area contributed by atoms with Gasteiger partial charge in [0, 0.05) is 65.4 Å². The van der Waals surface area contributed by atoms with Crippen LogP contribution in [0.3, 0.4) is 0 Å². The number of ketones is 1. The van der Waals surface area contributed by atoms with Gasteiger partial charge in [0.1, 0.15) is 0 Å². The second-order valence-corrected chi connectivity index (χ2v) is 9.02. The Balaban J connectivity index is 1.47. The van der Waals surface area contributed by atoms with Crippen molar-refractivity contribution in [3.63, 3.8) is 0 Å². The lowest BCUT2D eigenvalue weighted by molar-refractivity contribution is -0.130. The molecule has 0 aromatic rings. The monoisotopic (exact) mass is 392 g/mol. The van der Waals surface area contributed by atoms with E-state index in [4.69, 9.17) is 0 Å². The molecule has 4 aliphatic rings. The van der Waals surface area contributed by atoms with Crippen LogP contribution >= 0.6 is 0 Å². The minimum absolute atomic E-state index is 0.0779. The van der Waals surface area contributed by atoms with Crippen molar-refractivity contribution in [2.24, 2.45) is 0 Å². The summed E-state index contributed by atoms with van der Waals surface area (Å²) in [5.41, 5.74) is 0. The van der Waals surface area contributed by atoms with E-state index >= 15 is 0 Å². The van der Waals surface area contributed by atoms with Gasteiger partial charge in [-0.15, -0.1) is 0 Å². The Morgan fingerprint density at radius 2 is 0.964 bits per heavy atom. The number of nitrogens with one attached hydrogen (secondary N) is 2. The van der Waals surface area contributed by atoms with Gasteiger partial charge in [-0.05, 0) is 51.9 Å². The Kier molecular flexibility index (Phi) is 7.73. The average Bonchev–Trinajstić information content (AvgIpc) is 3.46. The van der Waals surface area contributed by atoms with Crippen LogP contribution in [0.15, 0.2) is 0 Å². The second-order valence-electron chi connectivity index (χ2n) is 9.02. The molecule has 0 aromatic carbocycles. The molecule has 4 fully saturated rings. The predicted molar refractivity (Wildman–Crippen MR) is 113 cm³/mol. The van der Waals surface area contributed by atoms with E-state index in [2.05, 4.69) is 30.2 Å². The van der Waals surface area contributed by atoms with Crippen molar-refractivity contribution >= 4 is 5.78 Å². The minimum Gasteiger partial charge on any atom is -0.314 e. The zero-order chi connectivity index (χ0) is 19.2. The fraction of sp³-hybridized carbons (Fsp3) is 0.952. The van der Waals surface area contributed by atoms with E-state index in [0.29, 0.717) is 5.78 Å². The van der Waals surface area contributed by atoms with Crippen LogP contribution in [0, 0.1) is 0 Å². The van der Waals surface area contributed by atoms with Crippen LogP contribution in [0.4, 0.5) is 0 Å². The van der Waals surface area contributed by atoms with Gasteiger partial charge in [0.15, 0.2) is 5.78 Å². The smallest absolute Gasteiger partial charge is 0.169 e. The highest BCUT2D eigenvalue weighted by Crippen LogP contribution is 2.20. The maximum Gasteiger partial charge on any atom is 0.169 e. The van der Waals surface area contributed by atoms with E-state index in [9.17, 15) is 4.79 Å². The maximum atomic E-state index is 14.0. The van der Waals surface area contributed by atoms with Crippen LogP contribution in [0.1, 0.15) is 25.7 Å². The Morgan fingerprint density at radius 1 is 0.607 bits per heavy atom. The Hall–Kier alpha value is -0.570. The van der Waals surface area contributed by atoms with E-state index < -0.39 is 0 Å². The first-order chi connectivity index (χ1) is 13.8. The molecule has 4 saturated heterocycles. The lowest BCUT2D eigenvalue weighted by Gasteiger charge is -2.39. The number of Topliss-reactive ketones (excluding diaryl/α,β-unsaturated/α-hetero) is 1. The van der Waals surface area contributed by atoms with Crippen LogP contribution in [0.2, 0.25) is 0 Å². The Morgan fingerprint density at radius 3 is 1.32 bits per heavy atom. The second kappa shape index (κ2) is 10.5. The van der Waals surface area contributed by atoms with Crippen LogP contribution in [0.25, 0.3) is 0 Å². The number of nitrogens with zero attached hydrogens (tertiary/aromatic N) is 4. The molecule has 4 heterocycles. The number of hydrogen-bond donors (Lipinski definition) is 2. The van der Waals surface area contributed by atoms with Gasteiger partial charge in [0.25, 0.3) is 0 Å². The number of carbonyl (C=O) groups excluding carboxylic acids is 1. The van der Waals surface area contributed by atoms with Crippen LogP contribution in [-0.2, 0) is 4.79 Å². The summed E-state index contributed by atoms with van der Waals surface area (Å²) in [4.78, 5) is 24.0. The lowest BCUT2D eigenvalue weighted by atomic mass is 10.0. The summed E-state index contributed by atoms with van der Waals surface area (Å²) in [6, 6.07) is 0.156. The minimum atomic E-state index is 0.0779. The number of likely N-dealkylation sites (tertiary alicyclic amines) is 2. The summed E-state index contributed by atoms with van der Waals surface area (Å²) in [7, 11) is 0. The van der Waals surface area contributed by atoms with Gasteiger partial charge in [-0.3, -0.25) is 24.4 Å². The summed E-state index contributed by atoms with van der Waals surface area (Å²) in [6.07, 6.45) is 4.99. The van der Waals surface area contributed by atoms with E-state index in [1.54, 1.807) is 0 Å². The molecule has 28 heavy (non-hydrogen) atoms. The lowest BCUT2D eigenvalue weighted by Crippen LogP contribution is -2.59. The van der Waals surface area contributed by atoms with E-state index in [1.165, 1.54) is 25.7 Å². The SMILES string of the molecule is O=C(C(CN1CCNCC1)N1CCCC1)C(CN1CCNCC1)N1CCCC1. The standard InChI is InChI=1S/C21H40N6O/c28-21(19(26-9-1-2-10-26)17-24-13-5-22-6-14-24)20(27-11-3-4-12-27)18-25-15-7-23-8-16-25/h19-20,22-23H,1-18H2. The molecule has 2 N–H and O–H groups in total. The van der Waals surface area contributed by atoms with E-state index in [0.717, 1.165) is 91.6 Å². The molecule has 4 rings (SSSR count). The molecule has 0 saturated carbocycles. The zero-order valence-corrected chi connectivity index (χ0v) is 17.6. The van der Waals surface area contributed by atoms with Crippen molar-refractivity contribution in [3.05, 3.63) is 0 Å². The van der Waals surface area contributed by atoms with Crippen LogP contribution in [0.5, 0.6) is 0 Å². The summed E-state index contributed by atoms with van der Waals surface area (Å²) in [5.74, 6) is 0.501. The molecule has 4 aliphatic heterocycles. The van der Waals surface area contributed by atoms with Gasteiger partial charge in [0.2, 0.25) is 0 Å². The molecule has 0 spiro atoms. The fourth-order valence-electron chi connectivity index (χ4n) is 5.38. The molecular formula is C21H40N6O. The third kappa shape index (κ3) is 5.32. The first-order valence-electron chi connectivity index (χ1n) is 11.7. The number of carbonyl (C=O) groups is 1. The van der Waals surface area contributed by atoms with Gasteiger partial charge in [-0.2, -0.15) is 0 Å². The zero-order valence-electron chi connectivity index (χ0n) is 17.6. The number of piperazine rings is 2. The molecule has 0 aliphatic carbocycles. The summed E-state index contributed by atoms with van der Waals surface area (Å²) >= 11 is 0. The first-order valence-corrected chi connectivity index (χ1v) is 11.7. The highest BCUT2D eigenvalue weighted by Gasteiger charge is 2.38.